The van der Waals surface area contributed by atoms with Crippen LogP contribution in [0.25, 0.3) is 6.08 Å². The zero-order valence-corrected chi connectivity index (χ0v) is 33.3. The molecule has 2 aliphatic heterocycles. The van der Waals surface area contributed by atoms with Gasteiger partial charge in [0.1, 0.15) is 0 Å². The highest BCUT2D eigenvalue weighted by molar-refractivity contribution is 14.1. The van der Waals surface area contributed by atoms with Gasteiger partial charge >= 0.3 is 6.18 Å². The van der Waals surface area contributed by atoms with Crippen LogP contribution in [0.4, 0.5) is 24.7 Å². The molecule has 2 N–H and O–H groups in total. The van der Waals surface area contributed by atoms with Gasteiger partial charge in [0.25, 0.3) is 11.8 Å². The molecule has 0 radical (unpaired) electrons. The minimum Gasteiger partial charge on any atom is -0.504 e. The molecule has 4 amide bonds. The lowest BCUT2D eigenvalue weighted by Gasteiger charge is -2.49. The minimum atomic E-state index is -4.75. The van der Waals surface area contributed by atoms with E-state index in [-0.39, 0.29) is 36.1 Å². The molecule has 3 fully saturated rings. The first-order chi connectivity index (χ1) is 27.1. The monoisotopic (exact) mass is 928 g/mol. The van der Waals surface area contributed by atoms with E-state index in [4.69, 9.17) is 27.9 Å². The number of rotatable bonds is 7. The van der Waals surface area contributed by atoms with Gasteiger partial charge in [-0.15, -0.1) is 0 Å². The highest BCUT2D eigenvalue weighted by atomic mass is 127. The summed E-state index contributed by atoms with van der Waals surface area (Å²) in [6, 6.07) is 18.8. The smallest absolute Gasteiger partial charge is 0.417 e. The number of hydrazine groups is 1. The Balaban J connectivity index is 1.29. The van der Waals surface area contributed by atoms with Crippen molar-refractivity contribution in [2.45, 2.75) is 24.4 Å². The zero-order chi connectivity index (χ0) is 40.6. The number of nitrogens with zero attached hydrogens (tertiary/aromatic N) is 3. The predicted molar refractivity (Wildman–Crippen MR) is 213 cm³/mol. The highest BCUT2D eigenvalue weighted by Crippen LogP contribution is 2.62. The molecule has 6 atom stereocenters. The summed E-state index contributed by atoms with van der Waals surface area (Å²) in [5.74, 6) is -6.86. The number of anilines is 2. The number of aromatic hydroxyl groups is 1. The Morgan fingerprint density at radius 3 is 2.35 bits per heavy atom. The number of imide groups is 2. The Bertz CT molecular complexity index is 2410. The summed E-state index contributed by atoms with van der Waals surface area (Å²) in [7, 11) is 1.40. The molecule has 0 bridgehead atoms. The van der Waals surface area contributed by atoms with Gasteiger partial charge in [0, 0.05) is 20.7 Å². The standard InChI is InChI=1S/C41H30Cl2F3IN4O6/c1-57-33-16-20(3-15-32(33)52)2-14-29-26-12-13-27-34(38(55)50(36(27)53)25-10-8-24(47)9-11-25)28(26)18-30-37(54)51(39(56)40(29,30)21-4-6-23(42)7-5-21)49-35-31(43)17-22(19-48-35)41(44,45)46/h2-12,14-17,19,27-30,34,52H,13,18H2,1H3,(H,48,49)/t27-,28+,29-,30-,34-,40-/m0/s1. The number of phenols is 1. The average molecular weight is 930 g/mol. The summed E-state index contributed by atoms with van der Waals surface area (Å²) in [5.41, 5.74) is 1.89. The van der Waals surface area contributed by atoms with Crippen LogP contribution in [0.5, 0.6) is 11.5 Å². The van der Waals surface area contributed by atoms with Crippen LogP contribution in [0.1, 0.15) is 29.5 Å². The van der Waals surface area contributed by atoms with Crippen LogP contribution in [-0.2, 0) is 30.8 Å². The quantitative estimate of drug-likeness (QED) is 0.107. The van der Waals surface area contributed by atoms with Crippen molar-refractivity contribution in [2.75, 3.05) is 17.4 Å². The van der Waals surface area contributed by atoms with Crippen LogP contribution >= 0.6 is 45.8 Å². The SMILES string of the molecule is COc1cc(C=C[C@H]2C3=CC[C@@H]4C(=O)N(c5ccc(I)cc5)C(=O)[C@@H]4[C@@H]3C[C@H]3C(=O)N(Nc4ncc(C(F)(F)F)cc4Cl)C(=O)[C@@]23c2ccc(Cl)cc2)ccc1O. The number of nitrogens with one attached hydrogen (secondary N) is 1. The lowest BCUT2D eigenvalue weighted by Crippen LogP contribution is -2.54. The second-order valence-electron chi connectivity index (χ2n) is 14.2. The number of hydrogen-bond acceptors (Lipinski definition) is 8. The van der Waals surface area contributed by atoms with E-state index in [1.807, 2.05) is 6.08 Å². The third kappa shape index (κ3) is 6.36. The lowest BCUT2D eigenvalue weighted by molar-refractivity contribution is -0.139. The molecule has 1 saturated carbocycles. The second kappa shape index (κ2) is 14.5. The first kappa shape index (κ1) is 38.9. The fourth-order valence-corrected chi connectivity index (χ4v) is 9.57. The molecule has 57 heavy (non-hydrogen) atoms. The lowest BCUT2D eigenvalue weighted by atomic mass is 9.50. The van der Waals surface area contributed by atoms with E-state index < -0.39 is 69.5 Å². The van der Waals surface area contributed by atoms with Crippen LogP contribution < -0.4 is 15.1 Å². The Kier molecular flexibility index (Phi) is 9.88. The van der Waals surface area contributed by atoms with E-state index in [1.54, 1.807) is 72.8 Å². The summed E-state index contributed by atoms with van der Waals surface area (Å²) in [5, 5.41) is 10.9. The van der Waals surface area contributed by atoms with Gasteiger partial charge in [-0.2, -0.15) is 18.2 Å². The number of allylic oxidation sites excluding steroid dienone is 3. The van der Waals surface area contributed by atoms with Gasteiger partial charge in [0.2, 0.25) is 11.8 Å². The van der Waals surface area contributed by atoms with E-state index >= 15 is 4.79 Å². The number of carbonyl (C=O) groups is 4. The normalized spacial score (nSPS) is 25.7. The largest absolute Gasteiger partial charge is 0.504 e. The molecule has 1 aromatic heterocycles. The van der Waals surface area contributed by atoms with Crippen molar-refractivity contribution in [3.63, 3.8) is 0 Å². The van der Waals surface area contributed by atoms with Crippen molar-refractivity contribution in [3.8, 4) is 11.5 Å². The van der Waals surface area contributed by atoms with Crippen molar-refractivity contribution in [1.29, 1.82) is 0 Å². The first-order valence-electron chi connectivity index (χ1n) is 17.7. The Morgan fingerprint density at radius 2 is 1.68 bits per heavy atom. The number of hydrogen-bond donors (Lipinski definition) is 2. The van der Waals surface area contributed by atoms with Gasteiger partial charge < -0.3 is 9.84 Å². The maximum Gasteiger partial charge on any atom is 0.417 e. The molecule has 16 heteroatoms. The molecule has 3 aromatic carbocycles. The number of halogens is 6. The number of pyridine rings is 1. The van der Waals surface area contributed by atoms with Crippen molar-refractivity contribution < 1.29 is 42.2 Å². The van der Waals surface area contributed by atoms with Crippen molar-refractivity contribution in [1.82, 2.24) is 9.99 Å². The topological polar surface area (TPSA) is 129 Å². The average Bonchev–Trinajstić information content (AvgIpc) is 3.56. The van der Waals surface area contributed by atoms with Crippen LogP contribution in [0, 0.1) is 33.2 Å². The molecule has 2 saturated heterocycles. The van der Waals surface area contributed by atoms with Gasteiger partial charge in [-0.1, -0.05) is 65.2 Å². The molecule has 2 aliphatic carbocycles. The fourth-order valence-electron chi connectivity index (χ4n) is 8.88. The first-order valence-corrected chi connectivity index (χ1v) is 19.5. The molecule has 4 aliphatic rings. The molecule has 4 aromatic rings. The zero-order valence-electron chi connectivity index (χ0n) is 29.6. The molecule has 292 valence electrons. The van der Waals surface area contributed by atoms with E-state index in [1.165, 1.54) is 18.1 Å². The summed E-state index contributed by atoms with van der Waals surface area (Å²) >= 11 is 14.7. The van der Waals surface area contributed by atoms with Crippen LogP contribution in [0.15, 0.2) is 96.7 Å². The minimum absolute atomic E-state index is 0.0243. The third-order valence-electron chi connectivity index (χ3n) is 11.4. The number of benzene rings is 3. The van der Waals surface area contributed by atoms with Crippen LogP contribution in [-0.4, -0.2) is 45.8 Å². The Morgan fingerprint density at radius 1 is 0.965 bits per heavy atom. The maximum atomic E-state index is 15.3. The van der Waals surface area contributed by atoms with Crippen molar-refractivity contribution >= 4 is 87.0 Å². The number of aromatic nitrogens is 1. The number of carbonyl (C=O) groups excluding carboxylic acids is 4. The molecule has 0 spiro atoms. The Labute approximate surface area is 347 Å². The van der Waals surface area contributed by atoms with Gasteiger partial charge in [-0.25, -0.2) is 4.98 Å². The van der Waals surface area contributed by atoms with Gasteiger partial charge in [-0.05, 0) is 107 Å². The van der Waals surface area contributed by atoms with Crippen LogP contribution in [0.2, 0.25) is 10.0 Å². The van der Waals surface area contributed by atoms with Crippen molar-refractivity contribution in [2.24, 2.45) is 29.6 Å². The molecule has 8 rings (SSSR count). The summed E-state index contributed by atoms with van der Waals surface area (Å²) in [6.07, 6.45) is 1.33. The number of amides is 4. The van der Waals surface area contributed by atoms with Gasteiger partial charge in [0.15, 0.2) is 17.3 Å². The van der Waals surface area contributed by atoms with E-state index in [9.17, 15) is 32.7 Å². The molecule has 10 nitrogen and oxygen atoms in total. The number of phenolic OH excluding ortho intramolecular Hbond substituents is 1. The summed E-state index contributed by atoms with van der Waals surface area (Å²) in [6.45, 7) is 0. The third-order valence-corrected chi connectivity index (χ3v) is 12.6. The van der Waals surface area contributed by atoms with Gasteiger partial charge in [-0.3, -0.25) is 29.5 Å². The fraction of sp³-hybridized carbons (Fsp3) is 0.244. The Hall–Kier alpha value is -4.93. The number of fused-ring (bicyclic) bond motifs is 4. The highest BCUT2D eigenvalue weighted by Gasteiger charge is 2.69. The summed E-state index contributed by atoms with van der Waals surface area (Å²) in [4.78, 5) is 63.6. The van der Waals surface area contributed by atoms with E-state index in [0.717, 1.165) is 8.58 Å². The van der Waals surface area contributed by atoms with Gasteiger partial charge in [0.05, 0.1) is 46.6 Å². The van der Waals surface area contributed by atoms with E-state index in [0.29, 0.717) is 39.7 Å². The van der Waals surface area contributed by atoms with Crippen LogP contribution in [0.3, 0.4) is 0 Å². The predicted octanol–water partition coefficient (Wildman–Crippen LogP) is 8.46. The maximum absolute atomic E-state index is 15.3. The molecule has 0 unspecified atom stereocenters. The molecule has 3 heterocycles. The van der Waals surface area contributed by atoms with E-state index in [2.05, 4.69) is 33.0 Å². The number of methoxy groups -OCH3 is 1. The number of alkyl halides is 3. The molecular weight excluding hydrogens is 899 g/mol. The summed E-state index contributed by atoms with van der Waals surface area (Å²) < 4.78 is 46.7. The van der Waals surface area contributed by atoms with Crippen molar-refractivity contribution in [3.05, 3.63) is 127 Å². The second-order valence-corrected chi connectivity index (χ2v) is 16.3. The number of ether oxygens (including phenoxy) is 1. The molecular formula is C41H30Cl2F3IN4O6.